The highest BCUT2D eigenvalue weighted by atomic mass is 16.6. The Hall–Kier alpha value is -3.55. The first kappa shape index (κ1) is 17.8. The van der Waals surface area contributed by atoms with Crippen molar-refractivity contribution in [1.29, 1.82) is 0 Å². The molecule has 4 rings (SSSR count). The molecule has 3 aromatic rings. The molecule has 1 fully saturated rings. The molecule has 0 aliphatic heterocycles. The van der Waals surface area contributed by atoms with Gasteiger partial charge in [0.05, 0.1) is 16.3 Å². The molecule has 0 atom stereocenters. The molecule has 1 aromatic heterocycles. The summed E-state index contributed by atoms with van der Waals surface area (Å²) >= 11 is 0. The molecule has 0 bridgehead atoms. The number of hydrogen-bond donors (Lipinski definition) is 1. The van der Waals surface area contributed by atoms with E-state index >= 15 is 0 Å². The minimum absolute atomic E-state index is 0.000854. The average molecular weight is 377 g/mol. The smallest absolute Gasteiger partial charge is 0.273 e. The molecule has 1 N–H and O–H groups in total. The molecule has 1 heterocycles. The van der Waals surface area contributed by atoms with Gasteiger partial charge in [0.15, 0.2) is 5.69 Å². The summed E-state index contributed by atoms with van der Waals surface area (Å²) in [6, 6.07) is 16.2. The van der Waals surface area contributed by atoms with Crippen LogP contribution in [0.15, 0.2) is 54.6 Å². The van der Waals surface area contributed by atoms with Crippen molar-refractivity contribution in [2.75, 3.05) is 6.54 Å². The summed E-state index contributed by atoms with van der Waals surface area (Å²) in [5, 5.41) is 22.0. The van der Waals surface area contributed by atoms with Gasteiger partial charge in [-0.1, -0.05) is 41.6 Å². The predicted molar refractivity (Wildman–Crippen MR) is 102 cm³/mol. The number of aromatic nitrogens is 3. The number of rotatable bonds is 6. The van der Waals surface area contributed by atoms with Crippen LogP contribution in [0.3, 0.4) is 0 Å². The maximum absolute atomic E-state index is 12.7. The van der Waals surface area contributed by atoms with Crippen molar-refractivity contribution >= 4 is 11.6 Å². The Morgan fingerprint density at radius 1 is 1.21 bits per heavy atom. The van der Waals surface area contributed by atoms with E-state index in [2.05, 4.69) is 27.8 Å². The van der Waals surface area contributed by atoms with Crippen LogP contribution < -0.4 is 5.32 Å². The fraction of sp³-hybridized carbons (Fsp3) is 0.250. The van der Waals surface area contributed by atoms with Gasteiger partial charge in [0, 0.05) is 24.1 Å². The van der Waals surface area contributed by atoms with Crippen LogP contribution in [0.25, 0.3) is 5.69 Å². The highest BCUT2D eigenvalue weighted by Crippen LogP contribution is 2.47. The van der Waals surface area contributed by atoms with E-state index in [0.29, 0.717) is 17.9 Å². The molecule has 28 heavy (non-hydrogen) atoms. The average Bonchev–Trinajstić information content (AvgIpc) is 3.42. The number of nitro benzene ring substituents is 1. The Kier molecular flexibility index (Phi) is 4.38. The summed E-state index contributed by atoms with van der Waals surface area (Å²) in [6.45, 7) is 2.26. The molecule has 0 radical (unpaired) electrons. The summed E-state index contributed by atoms with van der Waals surface area (Å²) in [7, 11) is 0. The lowest BCUT2D eigenvalue weighted by Gasteiger charge is -2.16. The quantitative estimate of drug-likeness (QED) is 0.525. The van der Waals surface area contributed by atoms with Gasteiger partial charge in [-0.25, -0.2) is 4.68 Å². The summed E-state index contributed by atoms with van der Waals surface area (Å²) in [4.78, 5) is 23.2. The Morgan fingerprint density at radius 3 is 2.64 bits per heavy atom. The summed E-state index contributed by atoms with van der Waals surface area (Å²) in [5.74, 6) is -0.295. The number of non-ortho nitro benzene ring substituents is 1. The van der Waals surface area contributed by atoms with Crippen molar-refractivity contribution in [2.45, 2.75) is 25.2 Å². The van der Waals surface area contributed by atoms with Crippen molar-refractivity contribution in [2.24, 2.45) is 0 Å². The maximum atomic E-state index is 12.7. The minimum atomic E-state index is -0.470. The normalized spacial score (nSPS) is 14.5. The van der Waals surface area contributed by atoms with Crippen LogP contribution in [0.2, 0.25) is 0 Å². The van der Waals surface area contributed by atoms with Gasteiger partial charge >= 0.3 is 0 Å². The van der Waals surface area contributed by atoms with Crippen molar-refractivity contribution < 1.29 is 9.72 Å². The number of nitrogens with one attached hydrogen (secondary N) is 1. The van der Waals surface area contributed by atoms with Crippen LogP contribution in [0.1, 0.15) is 34.6 Å². The molecule has 0 saturated heterocycles. The van der Waals surface area contributed by atoms with E-state index in [1.807, 2.05) is 18.2 Å². The number of hydrogen-bond acceptors (Lipinski definition) is 5. The summed E-state index contributed by atoms with van der Waals surface area (Å²) in [5.41, 5.74) is 2.42. The lowest BCUT2D eigenvalue weighted by atomic mass is 9.96. The van der Waals surface area contributed by atoms with Crippen molar-refractivity contribution in [3.05, 3.63) is 81.7 Å². The third-order valence-electron chi connectivity index (χ3n) is 5.22. The van der Waals surface area contributed by atoms with Gasteiger partial charge in [-0.15, -0.1) is 5.10 Å². The first-order chi connectivity index (χ1) is 13.5. The van der Waals surface area contributed by atoms with E-state index in [4.69, 9.17) is 0 Å². The zero-order valence-electron chi connectivity index (χ0n) is 15.3. The van der Waals surface area contributed by atoms with Crippen molar-refractivity contribution in [1.82, 2.24) is 20.3 Å². The first-order valence-electron chi connectivity index (χ1n) is 9.01. The van der Waals surface area contributed by atoms with E-state index < -0.39 is 4.92 Å². The van der Waals surface area contributed by atoms with Gasteiger partial charge in [-0.3, -0.25) is 14.9 Å². The predicted octanol–water partition coefficient (Wildman–Crippen LogP) is 2.95. The molecule has 2 aromatic carbocycles. The standard InChI is InChI=1S/C20H19N5O3/c1-14-18(22-23-24(14)16-8-5-9-17(12-16)25(27)28)19(26)21-13-20(10-11-20)15-6-3-2-4-7-15/h2-9,12H,10-11,13H2,1H3,(H,21,26). The van der Waals surface area contributed by atoms with Gasteiger partial charge in [-0.2, -0.15) is 0 Å². The Balaban J connectivity index is 1.51. The van der Waals surface area contributed by atoms with Crippen LogP contribution in [0, 0.1) is 17.0 Å². The monoisotopic (exact) mass is 377 g/mol. The Morgan fingerprint density at radius 2 is 1.96 bits per heavy atom. The zero-order chi connectivity index (χ0) is 19.7. The van der Waals surface area contributed by atoms with Gasteiger partial charge < -0.3 is 5.32 Å². The zero-order valence-corrected chi connectivity index (χ0v) is 15.3. The minimum Gasteiger partial charge on any atom is -0.350 e. The number of benzene rings is 2. The van der Waals surface area contributed by atoms with E-state index in [-0.39, 0.29) is 22.7 Å². The lowest BCUT2D eigenvalue weighted by molar-refractivity contribution is -0.384. The molecule has 142 valence electrons. The van der Waals surface area contributed by atoms with Crippen molar-refractivity contribution in [3.8, 4) is 5.69 Å². The van der Waals surface area contributed by atoms with Gasteiger partial charge in [0.2, 0.25) is 0 Å². The highest BCUT2D eigenvalue weighted by molar-refractivity contribution is 5.93. The second-order valence-electron chi connectivity index (χ2n) is 7.04. The van der Waals surface area contributed by atoms with Crippen LogP contribution in [0.4, 0.5) is 5.69 Å². The van der Waals surface area contributed by atoms with Crippen LogP contribution in [-0.2, 0) is 5.41 Å². The number of nitro groups is 1. The molecule has 1 aliphatic rings. The Labute approximate surface area is 161 Å². The first-order valence-corrected chi connectivity index (χ1v) is 9.01. The van der Waals surface area contributed by atoms with E-state index in [1.54, 1.807) is 19.1 Å². The molecule has 1 amide bonds. The molecule has 1 aliphatic carbocycles. The number of nitrogens with zero attached hydrogens (tertiary/aromatic N) is 4. The van der Waals surface area contributed by atoms with E-state index in [0.717, 1.165) is 12.8 Å². The van der Waals surface area contributed by atoms with Crippen molar-refractivity contribution in [3.63, 3.8) is 0 Å². The second-order valence-corrected chi connectivity index (χ2v) is 7.04. The molecule has 0 spiro atoms. The highest BCUT2D eigenvalue weighted by Gasteiger charge is 2.44. The van der Waals surface area contributed by atoms with Crippen LogP contribution in [0.5, 0.6) is 0 Å². The largest absolute Gasteiger partial charge is 0.350 e. The molecular weight excluding hydrogens is 358 g/mol. The second kappa shape index (κ2) is 6.88. The summed E-state index contributed by atoms with van der Waals surface area (Å²) < 4.78 is 1.44. The number of carbonyl (C=O) groups excluding carboxylic acids is 1. The van der Waals surface area contributed by atoms with Gasteiger partial charge in [0.25, 0.3) is 11.6 Å². The SMILES string of the molecule is Cc1c(C(=O)NCC2(c3ccccc3)CC2)nnn1-c1cccc([N+](=O)[O-])c1. The molecular formula is C20H19N5O3. The third-order valence-corrected chi connectivity index (χ3v) is 5.22. The van der Waals surface area contributed by atoms with Gasteiger partial charge in [0.1, 0.15) is 0 Å². The lowest BCUT2D eigenvalue weighted by Crippen LogP contribution is -2.32. The fourth-order valence-corrected chi connectivity index (χ4v) is 3.37. The molecule has 8 nitrogen and oxygen atoms in total. The number of carbonyl (C=O) groups is 1. The molecule has 8 heteroatoms. The Bertz CT molecular complexity index is 1040. The third kappa shape index (κ3) is 3.24. The maximum Gasteiger partial charge on any atom is 0.273 e. The topological polar surface area (TPSA) is 103 Å². The van der Waals surface area contributed by atoms with Gasteiger partial charge in [-0.05, 0) is 31.4 Å². The molecule has 1 saturated carbocycles. The number of amides is 1. The molecule has 0 unspecified atom stereocenters. The van der Waals surface area contributed by atoms with Crippen LogP contribution >= 0.6 is 0 Å². The van der Waals surface area contributed by atoms with Crippen LogP contribution in [-0.4, -0.2) is 32.4 Å². The fourth-order valence-electron chi connectivity index (χ4n) is 3.37. The van der Waals surface area contributed by atoms with E-state index in [1.165, 1.54) is 22.4 Å². The van der Waals surface area contributed by atoms with E-state index in [9.17, 15) is 14.9 Å². The summed E-state index contributed by atoms with van der Waals surface area (Å²) in [6.07, 6.45) is 2.08.